The molecule has 0 atom stereocenters. The fourth-order valence-corrected chi connectivity index (χ4v) is 2.71. The van der Waals surface area contributed by atoms with Gasteiger partial charge in [-0.3, -0.25) is 15.1 Å². The maximum Gasteiger partial charge on any atom is 0.238 e. The zero-order valence-electron chi connectivity index (χ0n) is 11.8. The van der Waals surface area contributed by atoms with Crippen LogP contribution in [-0.4, -0.2) is 23.9 Å². The fourth-order valence-electron chi connectivity index (χ4n) is 2.71. The second-order valence-electron chi connectivity index (χ2n) is 6.14. The first-order valence-corrected chi connectivity index (χ1v) is 6.79. The molecule has 1 amide bonds. The van der Waals surface area contributed by atoms with Gasteiger partial charge in [0.1, 0.15) is 0 Å². The van der Waals surface area contributed by atoms with Crippen LogP contribution < -0.4 is 11.3 Å². The SMILES string of the molecule is CC1(C)CCN(Cc2ccccc2CC(=O)NN)C1. The van der Waals surface area contributed by atoms with E-state index in [2.05, 4.69) is 30.2 Å². The highest BCUT2D eigenvalue weighted by molar-refractivity contribution is 5.78. The fraction of sp³-hybridized carbons (Fsp3) is 0.533. The molecule has 1 aromatic rings. The van der Waals surface area contributed by atoms with Gasteiger partial charge in [0.2, 0.25) is 5.91 Å². The molecule has 0 aromatic heterocycles. The first-order valence-electron chi connectivity index (χ1n) is 6.79. The molecule has 0 bridgehead atoms. The number of nitrogens with one attached hydrogen (secondary N) is 1. The lowest BCUT2D eigenvalue weighted by atomic mass is 9.93. The highest BCUT2D eigenvalue weighted by atomic mass is 16.2. The van der Waals surface area contributed by atoms with Crippen LogP contribution in [0.4, 0.5) is 0 Å². The first kappa shape index (κ1) is 14.0. The molecule has 0 saturated carbocycles. The molecule has 1 fully saturated rings. The van der Waals surface area contributed by atoms with E-state index >= 15 is 0 Å². The summed E-state index contributed by atoms with van der Waals surface area (Å²) in [5, 5.41) is 0. The third kappa shape index (κ3) is 3.78. The first-order chi connectivity index (χ1) is 9.00. The van der Waals surface area contributed by atoms with E-state index in [9.17, 15) is 4.79 Å². The molecule has 0 spiro atoms. The summed E-state index contributed by atoms with van der Waals surface area (Å²) in [5.74, 6) is 5.01. The van der Waals surface area contributed by atoms with Crippen molar-refractivity contribution in [1.29, 1.82) is 0 Å². The van der Waals surface area contributed by atoms with Gasteiger partial charge in [0.05, 0.1) is 6.42 Å². The smallest absolute Gasteiger partial charge is 0.238 e. The molecule has 4 heteroatoms. The van der Waals surface area contributed by atoms with Crippen LogP contribution in [0.15, 0.2) is 24.3 Å². The molecule has 1 aliphatic heterocycles. The quantitative estimate of drug-likeness (QED) is 0.490. The Morgan fingerprint density at radius 3 is 2.63 bits per heavy atom. The summed E-state index contributed by atoms with van der Waals surface area (Å²) in [6.45, 7) is 7.77. The largest absolute Gasteiger partial charge is 0.299 e. The van der Waals surface area contributed by atoms with Crippen LogP contribution in [0.5, 0.6) is 0 Å². The number of carbonyl (C=O) groups is 1. The third-order valence-electron chi connectivity index (χ3n) is 3.78. The molecule has 4 nitrogen and oxygen atoms in total. The topological polar surface area (TPSA) is 58.4 Å². The van der Waals surface area contributed by atoms with Gasteiger partial charge in [0, 0.05) is 13.1 Å². The Labute approximate surface area is 114 Å². The van der Waals surface area contributed by atoms with Gasteiger partial charge in [0.15, 0.2) is 0 Å². The Bertz CT molecular complexity index is 456. The van der Waals surface area contributed by atoms with Crippen LogP contribution in [0, 0.1) is 5.41 Å². The van der Waals surface area contributed by atoms with Gasteiger partial charge in [-0.05, 0) is 29.5 Å². The number of hydrazine groups is 1. The lowest BCUT2D eigenvalue weighted by molar-refractivity contribution is -0.120. The Morgan fingerprint density at radius 1 is 1.37 bits per heavy atom. The van der Waals surface area contributed by atoms with E-state index in [1.807, 2.05) is 18.2 Å². The van der Waals surface area contributed by atoms with Crippen LogP contribution >= 0.6 is 0 Å². The summed E-state index contributed by atoms with van der Waals surface area (Å²) < 4.78 is 0. The van der Waals surface area contributed by atoms with E-state index in [1.165, 1.54) is 12.0 Å². The molecule has 0 unspecified atom stereocenters. The molecule has 1 saturated heterocycles. The molecule has 1 aliphatic rings. The zero-order valence-corrected chi connectivity index (χ0v) is 11.8. The molecule has 19 heavy (non-hydrogen) atoms. The number of carbonyl (C=O) groups excluding carboxylic acids is 1. The molecule has 1 heterocycles. The van der Waals surface area contributed by atoms with E-state index in [4.69, 9.17) is 5.84 Å². The molecule has 3 N–H and O–H groups in total. The highest BCUT2D eigenvalue weighted by Gasteiger charge is 2.29. The van der Waals surface area contributed by atoms with Gasteiger partial charge in [-0.15, -0.1) is 0 Å². The third-order valence-corrected chi connectivity index (χ3v) is 3.78. The van der Waals surface area contributed by atoms with Crippen LogP contribution in [0.2, 0.25) is 0 Å². The van der Waals surface area contributed by atoms with E-state index < -0.39 is 0 Å². The lowest BCUT2D eigenvalue weighted by Gasteiger charge is -2.21. The van der Waals surface area contributed by atoms with Crippen LogP contribution in [-0.2, 0) is 17.8 Å². The van der Waals surface area contributed by atoms with Crippen molar-refractivity contribution >= 4 is 5.91 Å². The van der Waals surface area contributed by atoms with Crippen LogP contribution in [0.25, 0.3) is 0 Å². The summed E-state index contributed by atoms with van der Waals surface area (Å²) in [6.07, 6.45) is 1.59. The number of likely N-dealkylation sites (tertiary alicyclic amines) is 1. The Hall–Kier alpha value is -1.39. The van der Waals surface area contributed by atoms with Gasteiger partial charge in [-0.25, -0.2) is 5.84 Å². The highest BCUT2D eigenvalue weighted by Crippen LogP contribution is 2.30. The number of benzene rings is 1. The minimum atomic E-state index is -0.144. The number of rotatable bonds is 4. The van der Waals surface area contributed by atoms with Crippen molar-refractivity contribution < 1.29 is 4.79 Å². The van der Waals surface area contributed by atoms with Crippen molar-refractivity contribution in [2.45, 2.75) is 33.2 Å². The molecule has 1 aromatic carbocycles. The van der Waals surface area contributed by atoms with Crippen molar-refractivity contribution in [2.75, 3.05) is 13.1 Å². The average molecular weight is 261 g/mol. The Balaban J connectivity index is 2.06. The summed E-state index contributed by atoms with van der Waals surface area (Å²) >= 11 is 0. The van der Waals surface area contributed by atoms with Gasteiger partial charge in [0.25, 0.3) is 0 Å². The van der Waals surface area contributed by atoms with Crippen molar-refractivity contribution in [3.05, 3.63) is 35.4 Å². The van der Waals surface area contributed by atoms with Crippen molar-refractivity contribution in [1.82, 2.24) is 10.3 Å². The van der Waals surface area contributed by atoms with Crippen molar-refractivity contribution in [3.8, 4) is 0 Å². The number of nitrogens with zero attached hydrogens (tertiary/aromatic N) is 1. The molecule has 104 valence electrons. The van der Waals surface area contributed by atoms with Crippen molar-refractivity contribution in [3.63, 3.8) is 0 Å². The van der Waals surface area contributed by atoms with Crippen LogP contribution in [0.1, 0.15) is 31.4 Å². The average Bonchev–Trinajstić information content (AvgIpc) is 2.71. The van der Waals surface area contributed by atoms with E-state index in [-0.39, 0.29) is 5.91 Å². The molecule has 2 rings (SSSR count). The Kier molecular flexibility index (Phi) is 4.22. The van der Waals surface area contributed by atoms with Crippen molar-refractivity contribution in [2.24, 2.45) is 11.3 Å². The van der Waals surface area contributed by atoms with Gasteiger partial charge < -0.3 is 0 Å². The second kappa shape index (κ2) is 5.72. The van der Waals surface area contributed by atoms with Gasteiger partial charge in [-0.1, -0.05) is 38.1 Å². The number of amides is 1. The van der Waals surface area contributed by atoms with E-state index in [0.29, 0.717) is 11.8 Å². The minimum absolute atomic E-state index is 0.144. The lowest BCUT2D eigenvalue weighted by Crippen LogP contribution is -2.32. The predicted molar refractivity (Wildman–Crippen MR) is 76.2 cm³/mol. The summed E-state index contributed by atoms with van der Waals surface area (Å²) in [4.78, 5) is 13.9. The summed E-state index contributed by atoms with van der Waals surface area (Å²) in [7, 11) is 0. The number of hydrogen-bond acceptors (Lipinski definition) is 3. The number of nitrogens with two attached hydrogens (primary N) is 1. The van der Waals surface area contributed by atoms with E-state index in [1.54, 1.807) is 0 Å². The summed E-state index contributed by atoms with van der Waals surface area (Å²) in [6, 6.07) is 8.10. The second-order valence-corrected chi connectivity index (χ2v) is 6.14. The van der Waals surface area contributed by atoms with E-state index in [0.717, 1.165) is 25.2 Å². The van der Waals surface area contributed by atoms with Crippen LogP contribution in [0.3, 0.4) is 0 Å². The molecule has 0 aliphatic carbocycles. The number of hydrogen-bond donors (Lipinski definition) is 2. The normalized spacial score (nSPS) is 18.5. The monoisotopic (exact) mass is 261 g/mol. The molecular formula is C15H23N3O. The van der Waals surface area contributed by atoms with Gasteiger partial charge in [-0.2, -0.15) is 0 Å². The predicted octanol–water partition coefficient (Wildman–Crippen LogP) is 1.45. The summed E-state index contributed by atoms with van der Waals surface area (Å²) in [5.41, 5.74) is 4.89. The maximum absolute atomic E-state index is 11.4. The molecular weight excluding hydrogens is 238 g/mol. The maximum atomic E-state index is 11.4. The zero-order chi connectivity index (χ0) is 13.9. The molecule has 0 radical (unpaired) electrons. The van der Waals surface area contributed by atoms with Gasteiger partial charge >= 0.3 is 0 Å². The minimum Gasteiger partial charge on any atom is -0.299 e. The standard InChI is InChI=1S/C15H23N3O/c1-15(2)7-8-18(11-15)10-13-6-4-3-5-12(13)9-14(19)17-16/h3-6H,7-11,16H2,1-2H3,(H,17,19). The Morgan fingerprint density at radius 2 is 2.05 bits per heavy atom.